The number of ether oxygens (including phenoxy) is 1. The molecule has 0 bridgehead atoms. The molecule has 0 aliphatic rings. The van der Waals surface area contributed by atoms with E-state index in [4.69, 9.17) is 17.3 Å². The molecule has 0 radical (unpaired) electrons. The summed E-state index contributed by atoms with van der Waals surface area (Å²) in [6, 6.07) is 1.15. The third-order valence-electron chi connectivity index (χ3n) is 1.73. The second-order valence-corrected chi connectivity index (χ2v) is 3.66. The number of rotatable bonds is 3. The molecule has 1 unspecified atom stereocenters. The third-order valence-corrected chi connectivity index (χ3v) is 2.00. The molecule has 0 amide bonds. The number of hydrogen-bond donors (Lipinski definition) is 1. The highest BCUT2D eigenvalue weighted by Crippen LogP contribution is 2.26. The van der Waals surface area contributed by atoms with E-state index < -0.39 is 12.8 Å². The van der Waals surface area contributed by atoms with E-state index in [0.717, 1.165) is 0 Å². The van der Waals surface area contributed by atoms with E-state index in [9.17, 15) is 13.2 Å². The average Bonchev–Trinajstić information content (AvgIpc) is 2.14. The summed E-state index contributed by atoms with van der Waals surface area (Å²) in [5, 5.41) is 0.0130. The molecule has 0 saturated carbocycles. The Morgan fingerprint density at radius 1 is 1.56 bits per heavy atom. The Morgan fingerprint density at radius 2 is 2.19 bits per heavy atom. The highest BCUT2D eigenvalue weighted by molar-refractivity contribution is 6.31. The Balaban J connectivity index is 2.76. The molecular formula is C9H10ClF3N2O. The number of halogens is 4. The van der Waals surface area contributed by atoms with Gasteiger partial charge in [-0.05, 0) is 18.6 Å². The van der Waals surface area contributed by atoms with Crippen LogP contribution < -0.4 is 10.5 Å². The molecule has 1 heterocycles. The Labute approximate surface area is 95.4 Å². The minimum Gasteiger partial charge on any atom is -0.467 e. The molecule has 2 N–H and O–H groups in total. The molecule has 0 aromatic carbocycles. The van der Waals surface area contributed by atoms with Crippen LogP contribution in [0.25, 0.3) is 0 Å². The van der Waals surface area contributed by atoms with Crippen LogP contribution in [0, 0.1) is 0 Å². The van der Waals surface area contributed by atoms with Crippen LogP contribution in [-0.4, -0.2) is 17.8 Å². The van der Waals surface area contributed by atoms with E-state index in [-0.39, 0.29) is 16.9 Å². The van der Waals surface area contributed by atoms with Gasteiger partial charge >= 0.3 is 6.18 Å². The summed E-state index contributed by atoms with van der Waals surface area (Å²) in [6.45, 7) is 0.292. The van der Waals surface area contributed by atoms with Gasteiger partial charge in [-0.3, -0.25) is 0 Å². The molecule has 3 nitrogen and oxygen atoms in total. The van der Waals surface area contributed by atoms with E-state index in [0.29, 0.717) is 5.56 Å². The van der Waals surface area contributed by atoms with Gasteiger partial charge < -0.3 is 10.5 Å². The monoisotopic (exact) mass is 254 g/mol. The first-order valence-corrected chi connectivity index (χ1v) is 4.78. The minimum atomic E-state index is -4.41. The summed E-state index contributed by atoms with van der Waals surface area (Å²) in [6.07, 6.45) is -3.08. The number of hydrogen-bond acceptors (Lipinski definition) is 3. The lowest BCUT2D eigenvalue weighted by Gasteiger charge is -2.11. The van der Waals surface area contributed by atoms with Crippen molar-refractivity contribution in [3.05, 3.63) is 22.8 Å². The molecule has 1 aromatic heterocycles. The summed E-state index contributed by atoms with van der Waals surface area (Å²) in [5.74, 6) is -0.247. The van der Waals surface area contributed by atoms with Crippen molar-refractivity contribution in [1.29, 1.82) is 0 Å². The predicted octanol–water partition coefficient (Wildman–Crippen LogP) is 2.70. The molecule has 90 valence electrons. The van der Waals surface area contributed by atoms with Gasteiger partial charge in [0.05, 0.1) is 0 Å². The summed E-state index contributed by atoms with van der Waals surface area (Å²) < 4.78 is 40.0. The molecular weight excluding hydrogens is 245 g/mol. The van der Waals surface area contributed by atoms with Crippen molar-refractivity contribution in [2.45, 2.75) is 19.1 Å². The molecule has 1 aromatic rings. The molecule has 0 spiro atoms. The third kappa shape index (κ3) is 3.86. The van der Waals surface area contributed by atoms with E-state index in [2.05, 4.69) is 9.72 Å². The number of nitrogens with zero attached hydrogens (tertiary/aromatic N) is 1. The molecule has 1 atom stereocenters. The van der Waals surface area contributed by atoms with E-state index in [1.54, 1.807) is 6.92 Å². The van der Waals surface area contributed by atoms with Gasteiger partial charge in [-0.2, -0.15) is 13.2 Å². The quantitative estimate of drug-likeness (QED) is 0.902. The average molecular weight is 255 g/mol. The maximum atomic E-state index is 11.9. The Kier molecular flexibility index (Phi) is 3.98. The standard InChI is InChI=1S/C9H10ClF3N2O/c1-5(14)6-2-7(10)8(15-3-6)16-4-9(11,12)13/h2-3,5H,4,14H2,1H3. The van der Waals surface area contributed by atoms with Crippen LogP contribution in [-0.2, 0) is 0 Å². The van der Waals surface area contributed by atoms with Gasteiger partial charge in [0.1, 0.15) is 5.02 Å². The van der Waals surface area contributed by atoms with Crippen molar-refractivity contribution < 1.29 is 17.9 Å². The van der Waals surface area contributed by atoms with Crippen LogP contribution in [0.1, 0.15) is 18.5 Å². The minimum absolute atomic E-state index is 0.0130. The highest BCUT2D eigenvalue weighted by atomic mass is 35.5. The van der Waals surface area contributed by atoms with Crippen molar-refractivity contribution in [2.24, 2.45) is 5.73 Å². The van der Waals surface area contributed by atoms with Crippen molar-refractivity contribution >= 4 is 11.6 Å². The fourth-order valence-corrected chi connectivity index (χ4v) is 1.17. The Hall–Kier alpha value is -1.01. The summed E-state index contributed by atoms with van der Waals surface area (Å²) >= 11 is 5.69. The summed E-state index contributed by atoms with van der Waals surface area (Å²) in [7, 11) is 0. The highest BCUT2D eigenvalue weighted by Gasteiger charge is 2.29. The van der Waals surface area contributed by atoms with Crippen molar-refractivity contribution in [1.82, 2.24) is 4.98 Å². The van der Waals surface area contributed by atoms with Crippen LogP contribution in [0.5, 0.6) is 5.88 Å². The molecule has 16 heavy (non-hydrogen) atoms. The zero-order valence-electron chi connectivity index (χ0n) is 8.38. The molecule has 1 rings (SSSR count). The molecule has 0 saturated heterocycles. The first kappa shape index (κ1) is 13.1. The van der Waals surface area contributed by atoms with Gasteiger partial charge in [0.2, 0.25) is 5.88 Å². The van der Waals surface area contributed by atoms with Crippen LogP contribution in [0.4, 0.5) is 13.2 Å². The zero-order chi connectivity index (χ0) is 12.3. The van der Waals surface area contributed by atoms with Gasteiger partial charge in [0, 0.05) is 12.2 Å². The van der Waals surface area contributed by atoms with Gasteiger partial charge in [0.25, 0.3) is 0 Å². The summed E-state index contributed by atoms with van der Waals surface area (Å²) in [5.41, 5.74) is 6.19. The number of aromatic nitrogens is 1. The second kappa shape index (κ2) is 4.88. The maximum Gasteiger partial charge on any atom is 0.422 e. The molecule has 0 aliphatic heterocycles. The zero-order valence-corrected chi connectivity index (χ0v) is 9.14. The largest absolute Gasteiger partial charge is 0.467 e. The number of alkyl halides is 3. The van der Waals surface area contributed by atoms with Crippen LogP contribution in [0.2, 0.25) is 5.02 Å². The lowest BCUT2D eigenvalue weighted by Crippen LogP contribution is -2.20. The summed E-state index contributed by atoms with van der Waals surface area (Å²) in [4.78, 5) is 3.67. The topological polar surface area (TPSA) is 48.1 Å². The van der Waals surface area contributed by atoms with Crippen molar-refractivity contribution in [3.8, 4) is 5.88 Å². The predicted molar refractivity (Wildman–Crippen MR) is 53.4 cm³/mol. The van der Waals surface area contributed by atoms with Gasteiger partial charge in [-0.1, -0.05) is 11.6 Å². The Bertz CT molecular complexity index is 368. The number of nitrogens with two attached hydrogens (primary N) is 1. The van der Waals surface area contributed by atoms with Gasteiger partial charge in [-0.25, -0.2) is 4.98 Å². The number of pyridine rings is 1. The lowest BCUT2D eigenvalue weighted by molar-refractivity contribution is -0.154. The normalized spacial score (nSPS) is 13.6. The molecule has 7 heteroatoms. The van der Waals surface area contributed by atoms with Crippen LogP contribution >= 0.6 is 11.6 Å². The van der Waals surface area contributed by atoms with E-state index in [1.807, 2.05) is 0 Å². The van der Waals surface area contributed by atoms with E-state index >= 15 is 0 Å². The SMILES string of the molecule is CC(N)c1cnc(OCC(F)(F)F)c(Cl)c1. The smallest absolute Gasteiger partial charge is 0.422 e. The second-order valence-electron chi connectivity index (χ2n) is 3.25. The van der Waals surface area contributed by atoms with Gasteiger partial charge in [0.15, 0.2) is 6.61 Å². The first-order valence-electron chi connectivity index (χ1n) is 4.40. The van der Waals surface area contributed by atoms with Crippen LogP contribution in [0.15, 0.2) is 12.3 Å². The lowest BCUT2D eigenvalue weighted by atomic mass is 10.2. The fourth-order valence-electron chi connectivity index (χ4n) is 0.946. The van der Waals surface area contributed by atoms with E-state index in [1.165, 1.54) is 12.3 Å². The maximum absolute atomic E-state index is 11.9. The van der Waals surface area contributed by atoms with Crippen LogP contribution in [0.3, 0.4) is 0 Å². The molecule has 0 fully saturated rings. The molecule has 0 aliphatic carbocycles. The Morgan fingerprint density at radius 3 is 2.62 bits per heavy atom. The van der Waals surface area contributed by atoms with Crippen molar-refractivity contribution in [3.63, 3.8) is 0 Å². The van der Waals surface area contributed by atoms with Gasteiger partial charge in [-0.15, -0.1) is 0 Å². The van der Waals surface area contributed by atoms with Crippen molar-refractivity contribution in [2.75, 3.05) is 6.61 Å². The fraction of sp³-hybridized carbons (Fsp3) is 0.444. The first-order chi connectivity index (χ1) is 7.29.